The van der Waals surface area contributed by atoms with E-state index in [-0.39, 0.29) is 29.8 Å². The number of phenols is 1. The molecule has 0 amide bonds. The third-order valence-corrected chi connectivity index (χ3v) is 6.05. The number of aliphatic carboxylic acids is 1. The van der Waals surface area contributed by atoms with Crippen molar-refractivity contribution in [1.82, 2.24) is 4.98 Å². The first-order valence-corrected chi connectivity index (χ1v) is 10.6. The topological polar surface area (TPSA) is 79.7 Å². The monoisotopic (exact) mass is 423 g/mol. The normalized spacial score (nSPS) is 15.8. The number of aromatic hydroxyl groups is 1. The quantitative estimate of drug-likeness (QED) is 0.564. The Morgan fingerprint density at radius 3 is 2.61 bits per heavy atom. The number of carbonyl (C=O) groups is 1. The lowest BCUT2D eigenvalue weighted by Gasteiger charge is -2.27. The largest absolute Gasteiger partial charge is 0.508 e. The molecular formula is C25H26FNO4. The van der Waals surface area contributed by atoms with Crippen LogP contribution in [0.4, 0.5) is 4.39 Å². The van der Waals surface area contributed by atoms with Gasteiger partial charge in [0.05, 0.1) is 17.8 Å². The molecule has 6 heteroatoms. The minimum absolute atomic E-state index is 0.0556. The van der Waals surface area contributed by atoms with Crippen LogP contribution in [0.25, 0.3) is 21.9 Å². The molecule has 1 aromatic heterocycles. The van der Waals surface area contributed by atoms with Gasteiger partial charge in [-0.05, 0) is 66.6 Å². The lowest BCUT2D eigenvalue weighted by molar-refractivity contribution is -0.137. The van der Waals surface area contributed by atoms with E-state index in [0.29, 0.717) is 24.5 Å². The summed E-state index contributed by atoms with van der Waals surface area (Å²) in [5.41, 5.74) is 3.88. The number of halogens is 1. The van der Waals surface area contributed by atoms with Gasteiger partial charge in [0.15, 0.2) is 0 Å². The Labute approximate surface area is 180 Å². The van der Waals surface area contributed by atoms with Gasteiger partial charge in [0.1, 0.15) is 11.6 Å². The van der Waals surface area contributed by atoms with Gasteiger partial charge in [0.25, 0.3) is 0 Å². The van der Waals surface area contributed by atoms with Crippen molar-refractivity contribution < 1.29 is 24.1 Å². The Morgan fingerprint density at radius 1 is 1.19 bits per heavy atom. The highest BCUT2D eigenvalue weighted by Crippen LogP contribution is 2.42. The van der Waals surface area contributed by atoms with E-state index in [4.69, 9.17) is 9.72 Å². The summed E-state index contributed by atoms with van der Waals surface area (Å²) in [5, 5.41) is 21.1. The molecule has 2 aromatic carbocycles. The fourth-order valence-corrected chi connectivity index (χ4v) is 4.45. The number of ether oxygens (including phenoxy) is 1. The molecule has 2 heterocycles. The predicted octanol–water partition coefficient (Wildman–Crippen LogP) is 5.53. The predicted molar refractivity (Wildman–Crippen MR) is 117 cm³/mol. The van der Waals surface area contributed by atoms with E-state index in [9.17, 15) is 19.4 Å². The van der Waals surface area contributed by atoms with Gasteiger partial charge in [-0.2, -0.15) is 0 Å². The second kappa shape index (κ2) is 8.63. The summed E-state index contributed by atoms with van der Waals surface area (Å²) in [6.45, 7) is 4.86. The number of carboxylic acids is 1. The molecule has 1 aliphatic rings. The van der Waals surface area contributed by atoms with E-state index in [0.717, 1.165) is 40.4 Å². The molecule has 0 radical (unpaired) electrons. The van der Waals surface area contributed by atoms with Crippen molar-refractivity contribution in [3.8, 4) is 16.9 Å². The van der Waals surface area contributed by atoms with Gasteiger partial charge in [-0.15, -0.1) is 0 Å². The molecule has 0 spiro atoms. The summed E-state index contributed by atoms with van der Waals surface area (Å²) < 4.78 is 19.6. The van der Waals surface area contributed by atoms with Crippen molar-refractivity contribution >= 4 is 16.7 Å². The number of aryl methyl sites for hydroxylation is 1. The SMILES string of the molecule is Cc1cc(-c2c(C3CCOCC3)nc([C@H](C)CC(=O)O)c3cc(O)ccc23)ccc1F. The van der Waals surface area contributed by atoms with Gasteiger partial charge in [-0.1, -0.05) is 13.0 Å². The molecule has 3 aromatic rings. The van der Waals surface area contributed by atoms with Crippen LogP contribution < -0.4 is 0 Å². The first-order chi connectivity index (χ1) is 14.8. The summed E-state index contributed by atoms with van der Waals surface area (Å²) in [6, 6.07) is 10.2. The van der Waals surface area contributed by atoms with Gasteiger partial charge in [-0.3, -0.25) is 9.78 Å². The van der Waals surface area contributed by atoms with Gasteiger partial charge in [0.2, 0.25) is 0 Å². The Morgan fingerprint density at radius 2 is 1.94 bits per heavy atom. The minimum atomic E-state index is -0.895. The molecule has 5 nitrogen and oxygen atoms in total. The number of nitrogens with zero attached hydrogens (tertiary/aromatic N) is 1. The van der Waals surface area contributed by atoms with Crippen LogP contribution in [0, 0.1) is 12.7 Å². The van der Waals surface area contributed by atoms with Gasteiger partial charge < -0.3 is 14.9 Å². The summed E-state index contributed by atoms with van der Waals surface area (Å²) >= 11 is 0. The molecule has 0 saturated carbocycles. The lowest BCUT2D eigenvalue weighted by Crippen LogP contribution is -2.18. The van der Waals surface area contributed by atoms with Crippen LogP contribution >= 0.6 is 0 Å². The number of carboxylic acid groups (broad SMARTS) is 1. The van der Waals surface area contributed by atoms with E-state index in [2.05, 4.69) is 0 Å². The third kappa shape index (κ3) is 4.26. The number of phenolic OH excluding ortho intramolecular Hbond substituents is 1. The maximum atomic E-state index is 14.0. The fourth-order valence-electron chi connectivity index (χ4n) is 4.45. The maximum Gasteiger partial charge on any atom is 0.304 e. The van der Waals surface area contributed by atoms with Crippen LogP contribution in [0.1, 0.15) is 55.0 Å². The number of benzene rings is 2. The van der Waals surface area contributed by atoms with Crippen molar-refractivity contribution in [2.45, 2.75) is 44.9 Å². The average Bonchev–Trinajstić information content (AvgIpc) is 2.74. The highest BCUT2D eigenvalue weighted by molar-refractivity contribution is 6.00. The first kappa shape index (κ1) is 21.2. The van der Waals surface area contributed by atoms with Crippen LogP contribution in [0.3, 0.4) is 0 Å². The zero-order valence-electron chi connectivity index (χ0n) is 17.7. The summed E-state index contributed by atoms with van der Waals surface area (Å²) in [5.74, 6) is -1.24. The molecule has 0 aliphatic carbocycles. The molecule has 162 valence electrons. The van der Waals surface area contributed by atoms with Crippen LogP contribution in [0.15, 0.2) is 36.4 Å². The minimum Gasteiger partial charge on any atom is -0.508 e. The number of pyridine rings is 1. The Kier molecular flexibility index (Phi) is 5.92. The molecule has 2 N–H and O–H groups in total. The zero-order valence-corrected chi connectivity index (χ0v) is 17.7. The number of aromatic nitrogens is 1. The summed E-state index contributed by atoms with van der Waals surface area (Å²) in [4.78, 5) is 16.4. The maximum absolute atomic E-state index is 14.0. The Bertz CT molecular complexity index is 1140. The van der Waals surface area contributed by atoms with E-state index in [1.165, 1.54) is 6.07 Å². The average molecular weight is 423 g/mol. The number of hydrogen-bond acceptors (Lipinski definition) is 4. The molecule has 1 saturated heterocycles. The highest BCUT2D eigenvalue weighted by atomic mass is 19.1. The Balaban J connectivity index is 2.03. The van der Waals surface area contributed by atoms with Crippen LogP contribution in [-0.4, -0.2) is 34.4 Å². The standard InChI is InChI=1S/C25H26FNO4/c1-14-11-17(3-6-21(14)26)23-19-5-4-18(28)13-20(19)24(15(2)12-22(29)30)27-25(23)16-7-9-31-10-8-16/h3-6,11,13,15-16,28H,7-10,12H2,1-2H3,(H,29,30)/t15-/m1/s1. The molecule has 1 atom stereocenters. The van der Waals surface area contributed by atoms with Crippen molar-refractivity contribution in [2.24, 2.45) is 0 Å². The van der Waals surface area contributed by atoms with Crippen molar-refractivity contribution in [1.29, 1.82) is 0 Å². The van der Waals surface area contributed by atoms with Crippen LogP contribution in [-0.2, 0) is 9.53 Å². The van der Waals surface area contributed by atoms with Crippen molar-refractivity contribution in [2.75, 3.05) is 13.2 Å². The van der Waals surface area contributed by atoms with Gasteiger partial charge >= 0.3 is 5.97 Å². The molecule has 31 heavy (non-hydrogen) atoms. The lowest BCUT2D eigenvalue weighted by atomic mass is 9.85. The number of rotatable bonds is 5. The second-order valence-electron chi connectivity index (χ2n) is 8.34. The van der Waals surface area contributed by atoms with E-state index in [1.807, 2.05) is 19.1 Å². The number of hydrogen-bond donors (Lipinski definition) is 2. The molecule has 1 aliphatic heterocycles. The summed E-state index contributed by atoms with van der Waals surface area (Å²) in [6.07, 6.45) is 1.58. The molecule has 0 unspecified atom stereocenters. The second-order valence-corrected chi connectivity index (χ2v) is 8.34. The molecule has 4 rings (SSSR count). The van der Waals surface area contributed by atoms with Crippen molar-refractivity contribution in [3.05, 3.63) is 59.2 Å². The van der Waals surface area contributed by atoms with Gasteiger partial charge in [0, 0.05) is 36.0 Å². The molecule has 1 fully saturated rings. The highest BCUT2D eigenvalue weighted by Gasteiger charge is 2.26. The van der Waals surface area contributed by atoms with Crippen LogP contribution in [0.5, 0.6) is 5.75 Å². The smallest absolute Gasteiger partial charge is 0.304 e. The number of fused-ring (bicyclic) bond motifs is 1. The summed E-state index contributed by atoms with van der Waals surface area (Å²) in [7, 11) is 0. The zero-order chi connectivity index (χ0) is 22.1. The van der Waals surface area contributed by atoms with E-state index >= 15 is 0 Å². The molecular weight excluding hydrogens is 397 g/mol. The van der Waals surface area contributed by atoms with E-state index < -0.39 is 5.97 Å². The van der Waals surface area contributed by atoms with Crippen molar-refractivity contribution in [3.63, 3.8) is 0 Å². The third-order valence-electron chi connectivity index (χ3n) is 6.05. The fraction of sp³-hybridized carbons (Fsp3) is 0.360. The van der Waals surface area contributed by atoms with Gasteiger partial charge in [-0.25, -0.2) is 4.39 Å². The molecule has 0 bridgehead atoms. The van der Waals surface area contributed by atoms with Crippen LogP contribution in [0.2, 0.25) is 0 Å². The van der Waals surface area contributed by atoms with E-state index in [1.54, 1.807) is 25.1 Å². The first-order valence-electron chi connectivity index (χ1n) is 10.6. The Hall–Kier alpha value is -2.99.